The predicted molar refractivity (Wildman–Crippen MR) is 133 cm³/mol. The Bertz CT molecular complexity index is 1510. The number of benzene rings is 1. The lowest BCUT2D eigenvalue weighted by Gasteiger charge is -2.30. The third-order valence-corrected chi connectivity index (χ3v) is 9.13. The maximum atomic E-state index is 13.0. The fraction of sp³-hybridized carbons (Fsp3) is 0.417. The second kappa shape index (κ2) is 9.07. The zero-order chi connectivity index (χ0) is 26.3. The minimum absolute atomic E-state index is 0.0722. The highest BCUT2D eigenvalue weighted by molar-refractivity contribution is 7.89. The number of H-pyrrole nitrogens is 1. The van der Waals surface area contributed by atoms with Gasteiger partial charge in [0.1, 0.15) is 10.9 Å². The SMILES string of the molecule is CN(C(C)(C)C(=O)O)S(=O)(=O)c1ccc(Nc2nn(C3(CC#N)CCCC3)c3cc[nH]c(=O)c23)cc1. The molecular weight excluding hydrogens is 484 g/mol. The first-order chi connectivity index (χ1) is 16.9. The molecule has 2 aromatic heterocycles. The van der Waals surface area contributed by atoms with Crippen molar-refractivity contribution < 1.29 is 18.3 Å². The predicted octanol–water partition coefficient (Wildman–Crippen LogP) is 3.13. The molecule has 4 rings (SSSR count). The number of nitriles is 1. The fourth-order valence-corrected chi connectivity index (χ4v) is 6.09. The number of carbonyl (C=O) groups is 1. The van der Waals surface area contributed by atoms with Crippen LogP contribution in [-0.2, 0) is 20.4 Å². The van der Waals surface area contributed by atoms with Gasteiger partial charge in [-0.05, 0) is 57.0 Å². The van der Waals surface area contributed by atoms with Gasteiger partial charge in [-0.25, -0.2) is 8.42 Å². The number of anilines is 2. The zero-order valence-corrected chi connectivity index (χ0v) is 21.1. The molecule has 0 bridgehead atoms. The van der Waals surface area contributed by atoms with Crippen LogP contribution < -0.4 is 10.9 Å². The van der Waals surface area contributed by atoms with Gasteiger partial charge in [0.15, 0.2) is 5.82 Å². The number of hydrogen-bond acceptors (Lipinski definition) is 7. The topological polar surface area (TPSA) is 161 Å². The van der Waals surface area contributed by atoms with Crippen molar-refractivity contribution >= 4 is 38.4 Å². The van der Waals surface area contributed by atoms with Gasteiger partial charge in [-0.3, -0.25) is 14.3 Å². The van der Waals surface area contributed by atoms with Gasteiger partial charge in [-0.15, -0.1) is 0 Å². The van der Waals surface area contributed by atoms with E-state index in [9.17, 15) is 28.4 Å². The van der Waals surface area contributed by atoms with Crippen molar-refractivity contribution in [2.45, 2.75) is 61.9 Å². The molecule has 1 saturated carbocycles. The molecule has 36 heavy (non-hydrogen) atoms. The lowest BCUT2D eigenvalue weighted by atomic mass is 9.94. The summed E-state index contributed by atoms with van der Waals surface area (Å²) in [5.41, 5.74) is -1.34. The van der Waals surface area contributed by atoms with Crippen molar-refractivity contribution in [1.82, 2.24) is 19.1 Å². The monoisotopic (exact) mass is 512 g/mol. The first-order valence-electron chi connectivity index (χ1n) is 11.5. The van der Waals surface area contributed by atoms with Crippen molar-refractivity contribution in [3.63, 3.8) is 0 Å². The standard InChI is InChI=1S/C24H28N6O5S/c1-23(2,22(32)33)29(3)36(34,35)17-8-6-16(7-9-17)27-20-19-18(10-15-26-21(19)31)30(28-20)24(13-14-25)11-4-5-12-24/h6-10,15H,4-5,11-13H2,1-3H3,(H,26,31)(H,27,28)(H,32,33). The maximum Gasteiger partial charge on any atom is 0.324 e. The van der Waals surface area contributed by atoms with E-state index in [4.69, 9.17) is 5.10 Å². The van der Waals surface area contributed by atoms with Crippen molar-refractivity contribution in [3.05, 3.63) is 46.9 Å². The van der Waals surface area contributed by atoms with Crippen LogP contribution in [0.4, 0.5) is 11.5 Å². The molecule has 1 aliphatic carbocycles. The van der Waals surface area contributed by atoms with E-state index in [2.05, 4.69) is 16.4 Å². The van der Waals surface area contributed by atoms with E-state index < -0.39 is 27.1 Å². The van der Waals surface area contributed by atoms with Gasteiger partial charge in [0.25, 0.3) is 5.56 Å². The Morgan fingerprint density at radius 2 is 1.92 bits per heavy atom. The first kappa shape index (κ1) is 25.4. The number of rotatable bonds is 8. The van der Waals surface area contributed by atoms with Crippen molar-refractivity contribution in [1.29, 1.82) is 5.26 Å². The van der Waals surface area contributed by atoms with E-state index in [-0.39, 0.29) is 16.9 Å². The number of nitrogens with one attached hydrogen (secondary N) is 2. The van der Waals surface area contributed by atoms with E-state index in [0.29, 0.717) is 22.4 Å². The molecule has 0 unspecified atom stereocenters. The molecule has 0 atom stereocenters. The summed E-state index contributed by atoms with van der Waals surface area (Å²) in [6.07, 6.45) is 5.35. The van der Waals surface area contributed by atoms with Gasteiger partial charge in [-0.2, -0.15) is 14.7 Å². The minimum atomic E-state index is -4.07. The summed E-state index contributed by atoms with van der Waals surface area (Å²) in [5, 5.41) is 27.0. The highest BCUT2D eigenvalue weighted by Crippen LogP contribution is 2.41. The molecule has 0 spiro atoms. The number of likely N-dealkylation sites (N-methyl/N-ethyl adjacent to an activating group) is 1. The van der Waals surface area contributed by atoms with Crippen LogP contribution >= 0.6 is 0 Å². The Morgan fingerprint density at radius 3 is 2.50 bits per heavy atom. The lowest BCUT2D eigenvalue weighted by Crippen LogP contribution is -2.50. The number of pyridine rings is 1. The summed E-state index contributed by atoms with van der Waals surface area (Å²) in [4.78, 5) is 26.9. The molecule has 0 radical (unpaired) electrons. The summed E-state index contributed by atoms with van der Waals surface area (Å²) in [6, 6.07) is 9.81. The summed E-state index contributed by atoms with van der Waals surface area (Å²) in [6.45, 7) is 2.62. The number of carboxylic acid groups (broad SMARTS) is 1. The molecule has 12 heteroatoms. The maximum absolute atomic E-state index is 13.0. The molecule has 1 aromatic carbocycles. The van der Waals surface area contributed by atoms with Gasteiger partial charge < -0.3 is 15.4 Å². The van der Waals surface area contributed by atoms with Gasteiger partial charge in [0.2, 0.25) is 10.0 Å². The molecule has 190 valence electrons. The Morgan fingerprint density at radius 1 is 1.28 bits per heavy atom. The third-order valence-electron chi connectivity index (χ3n) is 7.08. The van der Waals surface area contributed by atoms with Gasteiger partial charge in [0, 0.05) is 18.9 Å². The minimum Gasteiger partial charge on any atom is -0.480 e. The fourth-order valence-electron chi connectivity index (χ4n) is 4.61. The molecule has 0 amide bonds. The number of hydrogen-bond donors (Lipinski definition) is 3. The molecular formula is C24H28N6O5S. The van der Waals surface area contributed by atoms with Gasteiger partial charge in [-0.1, -0.05) is 12.8 Å². The Balaban J connectivity index is 1.71. The molecule has 11 nitrogen and oxygen atoms in total. The zero-order valence-electron chi connectivity index (χ0n) is 20.3. The van der Waals surface area contributed by atoms with Crippen molar-refractivity contribution in [2.75, 3.05) is 12.4 Å². The smallest absolute Gasteiger partial charge is 0.324 e. The first-order valence-corrected chi connectivity index (χ1v) is 13.0. The van der Waals surface area contributed by atoms with Crippen LogP contribution in [0.1, 0.15) is 46.0 Å². The molecule has 1 aliphatic rings. The summed E-state index contributed by atoms with van der Waals surface area (Å²) in [5.74, 6) is -0.966. The molecule has 0 saturated heterocycles. The Labute approximate surface area is 208 Å². The van der Waals surface area contributed by atoms with Crippen molar-refractivity contribution in [3.8, 4) is 6.07 Å². The Hall–Kier alpha value is -3.69. The van der Waals surface area contributed by atoms with E-state index in [0.717, 1.165) is 30.0 Å². The molecule has 3 aromatic rings. The van der Waals surface area contributed by atoms with E-state index in [1.54, 1.807) is 16.9 Å². The average Bonchev–Trinajstić information content (AvgIpc) is 3.45. The largest absolute Gasteiger partial charge is 0.480 e. The number of aromatic amines is 1. The lowest BCUT2D eigenvalue weighted by molar-refractivity contribution is -0.145. The third kappa shape index (κ3) is 4.14. The summed E-state index contributed by atoms with van der Waals surface area (Å²) < 4.78 is 28.6. The highest BCUT2D eigenvalue weighted by Gasteiger charge is 2.40. The average molecular weight is 513 g/mol. The number of sulfonamides is 1. The quantitative estimate of drug-likeness (QED) is 0.415. The second-order valence-corrected chi connectivity index (χ2v) is 11.5. The number of aliphatic carboxylic acids is 1. The van der Waals surface area contributed by atoms with Crippen LogP contribution in [0.5, 0.6) is 0 Å². The number of nitrogens with zero attached hydrogens (tertiary/aromatic N) is 4. The molecule has 2 heterocycles. The number of aromatic nitrogens is 3. The van der Waals surface area contributed by atoms with Crippen LogP contribution in [-0.4, -0.2) is 51.1 Å². The number of fused-ring (bicyclic) bond motifs is 1. The van der Waals surface area contributed by atoms with Crippen LogP contribution in [0.15, 0.2) is 46.2 Å². The van der Waals surface area contributed by atoms with E-state index in [1.807, 2.05) is 0 Å². The highest BCUT2D eigenvalue weighted by atomic mass is 32.2. The molecule has 1 fully saturated rings. The van der Waals surface area contributed by atoms with Crippen LogP contribution in [0.3, 0.4) is 0 Å². The van der Waals surface area contributed by atoms with Crippen molar-refractivity contribution in [2.24, 2.45) is 0 Å². The molecule has 3 N–H and O–H groups in total. The normalized spacial score (nSPS) is 15.8. The van der Waals surface area contributed by atoms with Crippen LogP contribution in [0.2, 0.25) is 0 Å². The van der Waals surface area contributed by atoms with Crippen LogP contribution in [0.25, 0.3) is 10.9 Å². The van der Waals surface area contributed by atoms with Gasteiger partial charge in [0.05, 0.1) is 28.4 Å². The van der Waals surface area contributed by atoms with Crippen LogP contribution in [0, 0.1) is 11.3 Å². The van der Waals surface area contributed by atoms with E-state index >= 15 is 0 Å². The summed E-state index contributed by atoms with van der Waals surface area (Å²) >= 11 is 0. The van der Waals surface area contributed by atoms with Gasteiger partial charge >= 0.3 is 5.97 Å². The Kier molecular flexibility index (Phi) is 6.40. The van der Waals surface area contributed by atoms with E-state index in [1.165, 1.54) is 45.2 Å². The second-order valence-electron chi connectivity index (χ2n) is 9.58. The molecule has 0 aliphatic heterocycles. The summed E-state index contributed by atoms with van der Waals surface area (Å²) in [7, 11) is -2.85. The number of carboxylic acids is 1.